The minimum Gasteiger partial charge on any atom is -0.493 e. The van der Waals surface area contributed by atoms with E-state index in [1.54, 1.807) is 11.5 Å². The van der Waals surface area contributed by atoms with Crippen molar-refractivity contribution in [2.45, 2.75) is 25.8 Å². The molecule has 1 aromatic heterocycles. The highest BCUT2D eigenvalue weighted by Gasteiger charge is 2.30. The van der Waals surface area contributed by atoms with Gasteiger partial charge in [0.25, 0.3) is 0 Å². The molecule has 1 heterocycles. The summed E-state index contributed by atoms with van der Waals surface area (Å²) < 4.78 is 1.59. The molecule has 1 aromatic rings. The van der Waals surface area contributed by atoms with E-state index in [0.29, 0.717) is 5.82 Å². The van der Waals surface area contributed by atoms with Crippen LogP contribution in [0.2, 0.25) is 0 Å². The van der Waals surface area contributed by atoms with Crippen LogP contribution < -0.4 is 0 Å². The first-order valence-electron chi connectivity index (χ1n) is 4.12. The number of carboxylic acids is 1. The second-order valence-electron chi connectivity index (χ2n) is 3.24. The highest BCUT2D eigenvalue weighted by atomic mass is 16.4. The molecule has 0 bridgehead atoms. The molecule has 0 amide bonds. The minimum absolute atomic E-state index is 0.215. The van der Waals surface area contributed by atoms with Gasteiger partial charge in [-0.1, -0.05) is 0 Å². The number of aromatic carboxylic acids is 1. The molecule has 0 radical (unpaired) electrons. The standard InChI is InChI=1S/C8H10N2O3/c1-4-9-6(8(12)13)7(11)10(4)5-2-3-5/h5,11H,2-3H2,1H3,(H,12,13). The van der Waals surface area contributed by atoms with E-state index in [-0.39, 0.29) is 17.6 Å². The van der Waals surface area contributed by atoms with Crippen LogP contribution in [0, 0.1) is 6.92 Å². The number of rotatable bonds is 2. The van der Waals surface area contributed by atoms with E-state index in [0.717, 1.165) is 12.8 Å². The van der Waals surface area contributed by atoms with Gasteiger partial charge in [-0.25, -0.2) is 9.78 Å². The second-order valence-corrected chi connectivity index (χ2v) is 3.24. The van der Waals surface area contributed by atoms with Crippen molar-refractivity contribution in [1.29, 1.82) is 0 Å². The summed E-state index contributed by atoms with van der Waals surface area (Å²) in [6.45, 7) is 1.70. The maximum absolute atomic E-state index is 10.6. The molecule has 5 nitrogen and oxygen atoms in total. The Labute approximate surface area is 74.6 Å². The maximum atomic E-state index is 10.6. The molecule has 0 saturated heterocycles. The van der Waals surface area contributed by atoms with Gasteiger partial charge in [-0.05, 0) is 19.8 Å². The number of aromatic hydroxyl groups is 1. The van der Waals surface area contributed by atoms with Gasteiger partial charge in [0.2, 0.25) is 11.6 Å². The highest BCUT2D eigenvalue weighted by molar-refractivity contribution is 5.88. The summed E-state index contributed by atoms with van der Waals surface area (Å²) in [5.41, 5.74) is -0.246. The molecular weight excluding hydrogens is 172 g/mol. The first-order valence-corrected chi connectivity index (χ1v) is 4.12. The van der Waals surface area contributed by atoms with Crippen LogP contribution in [0.4, 0.5) is 0 Å². The van der Waals surface area contributed by atoms with Gasteiger partial charge in [0, 0.05) is 6.04 Å². The van der Waals surface area contributed by atoms with Crippen molar-refractivity contribution in [3.05, 3.63) is 11.5 Å². The lowest BCUT2D eigenvalue weighted by Crippen LogP contribution is -1.98. The Kier molecular flexibility index (Phi) is 1.55. The monoisotopic (exact) mass is 182 g/mol. The van der Waals surface area contributed by atoms with Crippen LogP contribution >= 0.6 is 0 Å². The molecule has 1 aliphatic rings. The zero-order valence-corrected chi connectivity index (χ0v) is 7.19. The lowest BCUT2D eigenvalue weighted by molar-refractivity contribution is 0.0687. The minimum atomic E-state index is -1.18. The van der Waals surface area contributed by atoms with Crippen LogP contribution in [-0.2, 0) is 0 Å². The Balaban J connectivity index is 2.50. The average molecular weight is 182 g/mol. The Morgan fingerprint density at radius 2 is 2.23 bits per heavy atom. The van der Waals surface area contributed by atoms with Crippen LogP contribution in [0.15, 0.2) is 0 Å². The number of aromatic nitrogens is 2. The van der Waals surface area contributed by atoms with E-state index in [1.165, 1.54) is 0 Å². The summed E-state index contributed by atoms with van der Waals surface area (Å²) in [5, 5.41) is 18.2. The first kappa shape index (κ1) is 8.10. The fourth-order valence-corrected chi connectivity index (χ4v) is 1.45. The third kappa shape index (κ3) is 1.16. The van der Waals surface area contributed by atoms with Gasteiger partial charge in [-0.2, -0.15) is 0 Å². The maximum Gasteiger partial charge on any atom is 0.360 e. The van der Waals surface area contributed by atoms with Crippen LogP contribution in [0.1, 0.15) is 35.2 Å². The van der Waals surface area contributed by atoms with Crippen molar-refractivity contribution in [2.24, 2.45) is 0 Å². The van der Waals surface area contributed by atoms with E-state index in [4.69, 9.17) is 5.11 Å². The predicted octanol–water partition coefficient (Wildman–Crippen LogP) is 0.930. The molecule has 1 saturated carbocycles. The smallest absolute Gasteiger partial charge is 0.360 e. The van der Waals surface area contributed by atoms with Gasteiger partial charge in [0.15, 0.2) is 0 Å². The van der Waals surface area contributed by atoms with Crippen LogP contribution in [0.25, 0.3) is 0 Å². The van der Waals surface area contributed by atoms with Crippen molar-refractivity contribution >= 4 is 5.97 Å². The van der Waals surface area contributed by atoms with E-state index < -0.39 is 5.97 Å². The number of carbonyl (C=O) groups is 1. The average Bonchev–Trinajstić information content (AvgIpc) is 2.80. The Hall–Kier alpha value is -1.52. The van der Waals surface area contributed by atoms with E-state index in [2.05, 4.69) is 4.98 Å². The molecule has 0 unspecified atom stereocenters. The van der Waals surface area contributed by atoms with Crippen molar-refractivity contribution in [3.8, 4) is 5.88 Å². The molecular formula is C8H10N2O3. The Bertz CT molecular complexity index is 366. The normalized spacial score (nSPS) is 16.1. The predicted molar refractivity (Wildman–Crippen MR) is 43.9 cm³/mol. The zero-order valence-electron chi connectivity index (χ0n) is 7.19. The van der Waals surface area contributed by atoms with E-state index >= 15 is 0 Å². The fraction of sp³-hybridized carbons (Fsp3) is 0.500. The number of aryl methyl sites for hydroxylation is 1. The summed E-state index contributed by atoms with van der Waals surface area (Å²) in [5.74, 6) is -0.829. The van der Waals surface area contributed by atoms with Crippen molar-refractivity contribution in [3.63, 3.8) is 0 Å². The molecule has 70 valence electrons. The molecule has 2 rings (SSSR count). The summed E-state index contributed by atoms with van der Waals surface area (Å²) in [7, 11) is 0. The third-order valence-corrected chi connectivity index (χ3v) is 2.18. The van der Waals surface area contributed by atoms with Crippen LogP contribution in [-0.4, -0.2) is 25.7 Å². The third-order valence-electron chi connectivity index (χ3n) is 2.18. The van der Waals surface area contributed by atoms with Crippen molar-refractivity contribution in [2.75, 3.05) is 0 Å². The molecule has 0 atom stereocenters. The van der Waals surface area contributed by atoms with E-state index in [1.807, 2.05) is 0 Å². The number of imidazole rings is 1. The quantitative estimate of drug-likeness (QED) is 0.713. The van der Waals surface area contributed by atoms with Gasteiger partial charge in [-0.3, -0.25) is 4.57 Å². The van der Waals surface area contributed by atoms with Gasteiger partial charge in [0.05, 0.1) is 0 Å². The van der Waals surface area contributed by atoms with Gasteiger partial charge >= 0.3 is 5.97 Å². The molecule has 2 N–H and O–H groups in total. The number of hydrogen-bond donors (Lipinski definition) is 2. The Morgan fingerprint density at radius 3 is 2.62 bits per heavy atom. The molecule has 0 aromatic carbocycles. The largest absolute Gasteiger partial charge is 0.493 e. The van der Waals surface area contributed by atoms with E-state index in [9.17, 15) is 9.90 Å². The van der Waals surface area contributed by atoms with Gasteiger partial charge in [0.1, 0.15) is 5.82 Å². The zero-order chi connectivity index (χ0) is 9.59. The van der Waals surface area contributed by atoms with Gasteiger partial charge in [-0.15, -0.1) is 0 Å². The molecule has 13 heavy (non-hydrogen) atoms. The van der Waals surface area contributed by atoms with Crippen LogP contribution in [0.5, 0.6) is 5.88 Å². The molecule has 1 aliphatic carbocycles. The van der Waals surface area contributed by atoms with Crippen molar-refractivity contribution < 1.29 is 15.0 Å². The summed E-state index contributed by atoms with van der Waals surface area (Å²) in [6.07, 6.45) is 1.98. The topological polar surface area (TPSA) is 75.3 Å². The highest BCUT2D eigenvalue weighted by Crippen LogP contribution is 2.39. The SMILES string of the molecule is Cc1nc(C(=O)O)c(O)n1C1CC1. The van der Waals surface area contributed by atoms with Gasteiger partial charge < -0.3 is 10.2 Å². The second kappa shape index (κ2) is 2.48. The molecule has 0 spiro atoms. The summed E-state index contributed by atoms with van der Waals surface area (Å²) >= 11 is 0. The molecule has 5 heteroatoms. The lowest BCUT2D eigenvalue weighted by Gasteiger charge is -2.02. The van der Waals surface area contributed by atoms with Crippen LogP contribution in [0.3, 0.4) is 0 Å². The number of carboxylic acid groups (broad SMARTS) is 1. The molecule has 1 fully saturated rings. The lowest BCUT2D eigenvalue weighted by atomic mass is 10.4. The molecule has 0 aliphatic heterocycles. The summed E-state index contributed by atoms with van der Waals surface area (Å²) in [6, 6.07) is 0.251. The summed E-state index contributed by atoms with van der Waals surface area (Å²) in [4.78, 5) is 14.4. The fourth-order valence-electron chi connectivity index (χ4n) is 1.45. The number of hydrogen-bond acceptors (Lipinski definition) is 3. The van der Waals surface area contributed by atoms with Crippen molar-refractivity contribution in [1.82, 2.24) is 9.55 Å². The Morgan fingerprint density at radius 1 is 1.62 bits per heavy atom. The number of nitrogens with zero attached hydrogens (tertiary/aromatic N) is 2. The first-order chi connectivity index (χ1) is 6.11.